The van der Waals surface area contributed by atoms with Crippen LogP contribution in [0.4, 0.5) is 5.82 Å². The standard InChI is InChI=1S/C15H22N2O5/c18-13(19)7-1-3-9-16-15-12(6-5-10-17-15)22-11-4-2-8-14(20)21/h5-6,10H,1-4,7-9,11H2,(H,16,17)(H,18,19)(H,20,21). The predicted molar refractivity (Wildman–Crippen MR) is 81.2 cm³/mol. The zero-order valence-electron chi connectivity index (χ0n) is 12.5. The number of aromatic nitrogens is 1. The second kappa shape index (κ2) is 10.4. The molecule has 0 saturated carbocycles. The van der Waals surface area contributed by atoms with E-state index >= 15 is 0 Å². The molecule has 7 heteroatoms. The van der Waals surface area contributed by atoms with Gasteiger partial charge in [-0.05, 0) is 37.8 Å². The monoisotopic (exact) mass is 310 g/mol. The highest BCUT2D eigenvalue weighted by Crippen LogP contribution is 2.21. The minimum absolute atomic E-state index is 0.144. The summed E-state index contributed by atoms with van der Waals surface area (Å²) in [7, 11) is 0. The van der Waals surface area contributed by atoms with E-state index in [1.165, 1.54) is 0 Å². The number of unbranched alkanes of at least 4 members (excludes halogenated alkanes) is 2. The first-order valence-corrected chi connectivity index (χ1v) is 7.35. The number of ether oxygens (including phenoxy) is 1. The van der Waals surface area contributed by atoms with Crippen molar-refractivity contribution in [2.75, 3.05) is 18.5 Å². The van der Waals surface area contributed by atoms with E-state index in [2.05, 4.69) is 10.3 Å². The van der Waals surface area contributed by atoms with Crippen LogP contribution in [0, 0.1) is 0 Å². The van der Waals surface area contributed by atoms with Gasteiger partial charge in [-0.1, -0.05) is 0 Å². The molecule has 22 heavy (non-hydrogen) atoms. The fourth-order valence-electron chi connectivity index (χ4n) is 1.81. The number of carboxylic acid groups (broad SMARTS) is 2. The van der Waals surface area contributed by atoms with Crippen molar-refractivity contribution in [3.05, 3.63) is 18.3 Å². The zero-order chi connectivity index (χ0) is 16.2. The number of hydrogen-bond acceptors (Lipinski definition) is 5. The molecule has 0 aliphatic heterocycles. The summed E-state index contributed by atoms with van der Waals surface area (Å²) in [4.78, 5) is 25.0. The highest BCUT2D eigenvalue weighted by atomic mass is 16.5. The molecule has 0 atom stereocenters. The lowest BCUT2D eigenvalue weighted by molar-refractivity contribution is -0.138. The van der Waals surface area contributed by atoms with Crippen LogP contribution in [0.25, 0.3) is 0 Å². The Morgan fingerprint density at radius 3 is 2.45 bits per heavy atom. The van der Waals surface area contributed by atoms with Gasteiger partial charge in [0, 0.05) is 25.6 Å². The maximum atomic E-state index is 10.4. The summed E-state index contributed by atoms with van der Waals surface area (Å²) in [6, 6.07) is 3.56. The maximum absolute atomic E-state index is 10.4. The predicted octanol–water partition coefficient (Wildman–Crippen LogP) is 2.38. The van der Waals surface area contributed by atoms with E-state index in [9.17, 15) is 9.59 Å². The molecule has 122 valence electrons. The van der Waals surface area contributed by atoms with Crippen molar-refractivity contribution in [2.24, 2.45) is 0 Å². The Balaban J connectivity index is 2.28. The minimum Gasteiger partial charge on any atom is -0.490 e. The fraction of sp³-hybridized carbons (Fsp3) is 0.533. The van der Waals surface area contributed by atoms with Crippen molar-refractivity contribution in [2.45, 2.75) is 38.5 Å². The molecule has 0 aromatic carbocycles. The zero-order valence-corrected chi connectivity index (χ0v) is 12.5. The van der Waals surface area contributed by atoms with Crippen LogP contribution in [0.15, 0.2) is 18.3 Å². The molecular weight excluding hydrogens is 288 g/mol. The van der Waals surface area contributed by atoms with Gasteiger partial charge in [0.15, 0.2) is 11.6 Å². The molecular formula is C15H22N2O5. The van der Waals surface area contributed by atoms with Crippen LogP contribution in [0.2, 0.25) is 0 Å². The van der Waals surface area contributed by atoms with Crippen LogP contribution in [-0.4, -0.2) is 40.3 Å². The van der Waals surface area contributed by atoms with Gasteiger partial charge in [0.2, 0.25) is 0 Å². The molecule has 0 aliphatic carbocycles. The Kier molecular flexibility index (Phi) is 8.40. The molecule has 0 bridgehead atoms. The Morgan fingerprint density at radius 1 is 1.09 bits per heavy atom. The molecule has 1 aromatic heterocycles. The van der Waals surface area contributed by atoms with Gasteiger partial charge in [-0.2, -0.15) is 0 Å². The summed E-state index contributed by atoms with van der Waals surface area (Å²) in [5.74, 6) is -0.347. The SMILES string of the molecule is O=C(O)CCCCNc1ncccc1OCCCCC(=O)O. The van der Waals surface area contributed by atoms with Gasteiger partial charge in [0.25, 0.3) is 0 Å². The Hall–Kier alpha value is -2.31. The van der Waals surface area contributed by atoms with Crippen molar-refractivity contribution >= 4 is 17.8 Å². The van der Waals surface area contributed by atoms with Crippen molar-refractivity contribution in [3.63, 3.8) is 0 Å². The van der Waals surface area contributed by atoms with Gasteiger partial charge in [-0.3, -0.25) is 9.59 Å². The molecule has 1 aromatic rings. The normalized spacial score (nSPS) is 10.2. The maximum Gasteiger partial charge on any atom is 0.303 e. The summed E-state index contributed by atoms with van der Waals surface area (Å²) in [5.41, 5.74) is 0. The highest BCUT2D eigenvalue weighted by molar-refractivity contribution is 5.66. The Morgan fingerprint density at radius 2 is 1.77 bits per heavy atom. The lowest BCUT2D eigenvalue weighted by atomic mass is 10.2. The van der Waals surface area contributed by atoms with Crippen LogP contribution in [0.3, 0.4) is 0 Å². The van der Waals surface area contributed by atoms with E-state index in [0.717, 1.165) is 6.42 Å². The third-order valence-corrected chi connectivity index (χ3v) is 2.92. The third-order valence-electron chi connectivity index (χ3n) is 2.92. The number of rotatable bonds is 12. The average molecular weight is 310 g/mol. The summed E-state index contributed by atoms with van der Waals surface area (Å²) in [5, 5.41) is 20.2. The average Bonchev–Trinajstić information content (AvgIpc) is 2.47. The van der Waals surface area contributed by atoms with Crippen molar-refractivity contribution in [1.82, 2.24) is 4.98 Å². The van der Waals surface area contributed by atoms with Crippen LogP contribution in [-0.2, 0) is 9.59 Å². The first-order chi connectivity index (χ1) is 10.6. The number of nitrogens with one attached hydrogen (secondary N) is 1. The van der Waals surface area contributed by atoms with Crippen molar-refractivity contribution in [1.29, 1.82) is 0 Å². The summed E-state index contributed by atoms with van der Waals surface area (Å²) in [6.07, 6.45) is 4.55. The molecule has 7 nitrogen and oxygen atoms in total. The minimum atomic E-state index is -0.801. The summed E-state index contributed by atoms with van der Waals surface area (Å²) in [6.45, 7) is 1.06. The van der Waals surface area contributed by atoms with Crippen LogP contribution >= 0.6 is 0 Å². The lowest BCUT2D eigenvalue weighted by Crippen LogP contribution is -2.07. The second-order valence-corrected chi connectivity index (χ2v) is 4.83. The quantitative estimate of drug-likeness (QED) is 0.508. The molecule has 3 N–H and O–H groups in total. The van der Waals surface area contributed by atoms with E-state index in [-0.39, 0.29) is 12.8 Å². The van der Waals surface area contributed by atoms with Gasteiger partial charge in [-0.15, -0.1) is 0 Å². The molecule has 0 amide bonds. The fourth-order valence-corrected chi connectivity index (χ4v) is 1.81. The number of pyridine rings is 1. The van der Waals surface area contributed by atoms with E-state index in [0.29, 0.717) is 44.0 Å². The highest BCUT2D eigenvalue weighted by Gasteiger charge is 2.05. The van der Waals surface area contributed by atoms with Gasteiger partial charge >= 0.3 is 11.9 Å². The molecule has 1 rings (SSSR count). The van der Waals surface area contributed by atoms with Crippen LogP contribution in [0.1, 0.15) is 38.5 Å². The molecule has 0 saturated heterocycles. The summed E-state index contributed by atoms with van der Waals surface area (Å²) >= 11 is 0. The summed E-state index contributed by atoms with van der Waals surface area (Å²) < 4.78 is 5.60. The second-order valence-electron chi connectivity index (χ2n) is 4.83. The van der Waals surface area contributed by atoms with Crippen LogP contribution in [0.5, 0.6) is 5.75 Å². The largest absolute Gasteiger partial charge is 0.490 e. The number of carboxylic acids is 2. The molecule has 0 radical (unpaired) electrons. The number of hydrogen-bond donors (Lipinski definition) is 3. The van der Waals surface area contributed by atoms with E-state index in [4.69, 9.17) is 14.9 Å². The number of anilines is 1. The molecule has 0 spiro atoms. The van der Waals surface area contributed by atoms with Crippen LogP contribution < -0.4 is 10.1 Å². The van der Waals surface area contributed by atoms with Gasteiger partial charge in [-0.25, -0.2) is 4.98 Å². The molecule has 1 heterocycles. The van der Waals surface area contributed by atoms with Gasteiger partial charge < -0.3 is 20.3 Å². The number of aliphatic carboxylic acids is 2. The number of nitrogens with zero attached hydrogens (tertiary/aromatic N) is 1. The van der Waals surface area contributed by atoms with E-state index < -0.39 is 11.9 Å². The van der Waals surface area contributed by atoms with E-state index in [1.54, 1.807) is 18.3 Å². The third kappa shape index (κ3) is 8.08. The molecule has 0 fully saturated rings. The topological polar surface area (TPSA) is 109 Å². The number of carbonyl (C=O) groups is 2. The van der Waals surface area contributed by atoms with Crippen molar-refractivity contribution in [3.8, 4) is 5.75 Å². The Bertz CT molecular complexity index is 436. The Labute approximate surface area is 129 Å². The lowest BCUT2D eigenvalue weighted by Gasteiger charge is -2.11. The van der Waals surface area contributed by atoms with Gasteiger partial charge in [0.05, 0.1) is 6.61 Å². The van der Waals surface area contributed by atoms with Gasteiger partial charge in [0.1, 0.15) is 0 Å². The first-order valence-electron chi connectivity index (χ1n) is 7.35. The molecule has 0 unspecified atom stereocenters. The van der Waals surface area contributed by atoms with Crippen molar-refractivity contribution < 1.29 is 24.5 Å². The van der Waals surface area contributed by atoms with E-state index in [1.807, 2.05) is 0 Å². The smallest absolute Gasteiger partial charge is 0.303 e. The molecule has 0 aliphatic rings. The first kappa shape index (κ1) is 17.7.